The van der Waals surface area contributed by atoms with Crippen molar-refractivity contribution < 1.29 is 19.6 Å². The highest BCUT2D eigenvalue weighted by atomic mass is 16.6. The number of aromatic nitrogens is 1. The highest BCUT2D eigenvalue weighted by molar-refractivity contribution is 5.86. The molecule has 2 N–H and O–H groups in total. The highest BCUT2D eigenvalue weighted by Gasteiger charge is 2.31. The summed E-state index contributed by atoms with van der Waals surface area (Å²) in [5.41, 5.74) is -1.87. The molecular weight excluding hydrogens is 306 g/mol. The van der Waals surface area contributed by atoms with E-state index in [0.29, 0.717) is 0 Å². The second-order valence-corrected chi connectivity index (χ2v) is 5.77. The number of rotatable bonds is 7. The topological polar surface area (TPSA) is 132 Å². The molecule has 0 radical (unpaired) electrons. The minimum absolute atomic E-state index is 0.116. The van der Waals surface area contributed by atoms with Gasteiger partial charge in [0.05, 0.1) is 16.5 Å². The Hall–Kier alpha value is -2.71. The summed E-state index contributed by atoms with van der Waals surface area (Å²) in [6.07, 6.45) is 1.28. The lowest BCUT2D eigenvalue weighted by Gasteiger charge is -2.26. The van der Waals surface area contributed by atoms with E-state index >= 15 is 0 Å². The molecule has 0 aliphatic carbocycles. The van der Waals surface area contributed by atoms with Crippen molar-refractivity contribution in [3.63, 3.8) is 0 Å². The number of pyridine rings is 1. The first-order chi connectivity index (χ1) is 10.6. The molecule has 1 heterocycles. The first-order valence-electron chi connectivity index (χ1n) is 6.97. The number of hydrogen-bond acceptors (Lipinski definition) is 5. The molecule has 23 heavy (non-hydrogen) atoms. The summed E-state index contributed by atoms with van der Waals surface area (Å²) >= 11 is 0. The third kappa shape index (κ3) is 4.63. The molecule has 1 aromatic rings. The normalized spacial score (nSPS) is 12.5. The maximum atomic E-state index is 12.2. The lowest BCUT2D eigenvalue weighted by atomic mass is 9.91. The number of carboxylic acids is 1. The second kappa shape index (κ2) is 7.03. The maximum absolute atomic E-state index is 12.2. The van der Waals surface area contributed by atoms with E-state index in [4.69, 9.17) is 5.11 Å². The van der Waals surface area contributed by atoms with Gasteiger partial charge in [0.15, 0.2) is 0 Å². The second-order valence-electron chi connectivity index (χ2n) is 5.77. The van der Waals surface area contributed by atoms with Crippen LogP contribution in [-0.2, 0) is 16.1 Å². The van der Waals surface area contributed by atoms with E-state index in [0.717, 1.165) is 22.9 Å². The van der Waals surface area contributed by atoms with Crippen molar-refractivity contribution in [1.29, 1.82) is 0 Å². The standard InChI is InChI=1S/C14H19N3O6/c1-4-10(12(19)20)15-13(21)14(2,3)8-16-7-9(17(22)23)5-6-11(16)18/h5-7,10H,4,8H2,1-3H3,(H,15,21)(H,19,20). The zero-order valence-corrected chi connectivity index (χ0v) is 13.1. The van der Waals surface area contributed by atoms with Gasteiger partial charge in [0.25, 0.3) is 11.2 Å². The largest absolute Gasteiger partial charge is 0.480 e. The molecule has 1 rings (SSSR count). The zero-order valence-electron chi connectivity index (χ0n) is 13.1. The van der Waals surface area contributed by atoms with Crippen molar-refractivity contribution in [2.45, 2.75) is 39.8 Å². The van der Waals surface area contributed by atoms with E-state index in [1.807, 2.05) is 0 Å². The van der Waals surface area contributed by atoms with Gasteiger partial charge in [-0.15, -0.1) is 0 Å². The molecule has 1 amide bonds. The molecule has 9 nitrogen and oxygen atoms in total. The smallest absolute Gasteiger partial charge is 0.326 e. The molecule has 0 aliphatic rings. The summed E-state index contributed by atoms with van der Waals surface area (Å²) in [7, 11) is 0. The van der Waals surface area contributed by atoms with E-state index in [-0.39, 0.29) is 18.7 Å². The van der Waals surface area contributed by atoms with Crippen molar-refractivity contribution in [3.05, 3.63) is 38.8 Å². The van der Waals surface area contributed by atoms with Crippen molar-refractivity contribution in [2.75, 3.05) is 0 Å². The molecule has 0 aliphatic heterocycles. The van der Waals surface area contributed by atoms with Gasteiger partial charge in [-0.25, -0.2) is 4.79 Å². The van der Waals surface area contributed by atoms with Gasteiger partial charge in [0.2, 0.25) is 5.91 Å². The number of nitrogens with zero attached hydrogens (tertiary/aromatic N) is 2. The van der Waals surface area contributed by atoms with Crippen molar-refractivity contribution in [1.82, 2.24) is 9.88 Å². The predicted octanol–water partition coefficient (Wildman–Crippen LogP) is 0.762. The van der Waals surface area contributed by atoms with Gasteiger partial charge in [-0.2, -0.15) is 0 Å². The van der Waals surface area contributed by atoms with E-state index < -0.39 is 33.8 Å². The minimum atomic E-state index is -1.15. The molecule has 0 aromatic carbocycles. The third-order valence-electron chi connectivity index (χ3n) is 3.37. The maximum Gasteiger partial charge on any atom is 0.326 e. The SMILES string of the molecule is CCC(NC(=O)C(C)(C)Cn1cc([N+](=O)[O-])ccc1=O)C(=O)O. The zero-order chi connectivity index (χ0) is 17.8. The first-order valence-corrected chi connectivity index (χ1v) is 6.97. The molecule has 9 heteroatoms. The number of nitrogens with one attached hydrogen (secondary N) is 1. The molecule has 1 aromatic heterocycles. The minimum Gasteiger partial charge on any atom is -0.480 e. The van der Waals surface area contributed by atoms with Crippen molar-refractivity contribution in [2.24, 2.45) is 5.41 Å². The Balaban J connectivity index is 2.99. The van der Waals surface area contributed by atoms with E-state index in [2.05, 4.69) is 5.32 Å². The number of amides is 1. The van der Waals surface area contributed by atoms with Gasteiger partial charge in [0, 0.05) is 18.7 Å². The Bertz CT molecular complexity index is 679. The van der Waals surface area contributed by atoms with Crippen molar-refractivity contribution in [3.8, 4) is 0 Å². The van der Waals surface area contributed by atoms with Crippen LogP contribution in [0.2, 0.25) is 0 Å². The molecule has 0 saturated heterocycles. The molecule has 0 spiro atoms. The summed E-state index contributed by atoms with van der Waals surface area (Å²) in [6.45, 7) is 4.57. The number of carbonyl (C=O) groups excluding carboxylic acids is 1. The Morgan fingerprint density at radius 1 is 1.43 bits per heavy atom. The molecular formula is C14H19N3O6. The Kier molecular flexibility index (Phi) is 5.61. The summed E-state index contributed by atoms with van der Waals surface area (Å²) in [6, 6.07) is 1.12. The van der Waals surface area contributed by atoms with Crippen LogP contribution in [-0.4, -0.2) is 32.5 Å². The lowest BCUT2D eigenvalue weighted by Crippen LogP contribution is -2.48. The Morgan fingerprint density at radius 3 is 2.52 bits per heavy atom. The fraction of sp³-hybridized carbons (Fsp3) is 0.500. The van der Waals surface area contributed by atoms with Crippen LogP contribution in [0.1, 0.15) is 27.2 Å². The number of carboxylic acid groups (broad SMARTS) is 1. The monoisotopic (exact) mass is 325 g/mol. The van der Waals surface area contributed by atoms with Crippen LogP contribution in [0.25, 0.3) is 0 Å². The van der Waals surface area contributed by atoms with Gasteiger partial charge in [0.1, 0.15) is 6.04 Å². The molecule has 1 unspecified atom stereocenters. The van der Waals surface area contributed by atoms with Gasteiger partial charge >= 0.3 is 5.97 Å². The van der Waals surface area contributed by atoms with Crippen LogP contribution in [0.5, 0.6) is 0 Å². The van der Waals surface area contributed by atoms with E-state index in [9.17, 15) is 24.5 Å². The average Bonchev–Trinajstić information content (AvgIpc) is 2.45. The molecule has 0 saturated carbocycles. The average molecular weight is 325 g/mol. The van der Waals surface area contributed by atoms with Gasteiger partial charge < -0.3 is 15.0 Å². The van der Waals surface area contributed by atoms with Crippen LogP contribution in [0.3, 0.4) is 0 Å². The number of carbonyl (C=O) groups is 2. The number of nitro groups is 1. The fourth-order valence-electron chi connectivity index (χ4n) is 1.94. The summed E-state index contributed by atoms with van der Waals surface area (Å²) in [5, 5.41) is 22.1. The van der Waals surface area contributed by atoms with E-state index in [1.165, 1.54) is 13.8 Å². The highest BCUT2D eigenvalue weighted by Crippen LogP contribution is 2.19. The third-order valence-corrected chi connectivity index (χ3v) is 3.37. The van der Waals surface area contributed by atoms with E-state index in [1.54, 1.807) is 6.92 Å². The Morgan fingerprint density at radius 2 is 2.04 bits per heavy atom. The molecule has 0 bridgehead atoms. The van der Waals surface area contributed by atoms with Crippen molar-refractivity contribution >= 4 is 17.6 Å². The lowest BCUT2D eigenvalue weighted by molar-refractivity contribution is -0.385. The van der Waals surface area contributed by atoms with Gasteiger partial charge in [-0.3, -0.25) is 19.7 Å². The molecule has 1 atom stereocenters. The Labute approximate surface area is 132 Å². The van der Waals surface area contributed by atoms with Crippen LogP contribution >= 0.6 is 0 Å². The summed E-state index contributed by atoms with van der Waals surface area (Å²) < 4.78 is 1.07. The molecule has 0 fully saturated rings. The van der Waals surface area contributed by atoms with Gasteiger partial charge in [-0.05, 0) is 20.3 Å². The van der Waals surface area contributed by atoms with Gasteiger partial charge in [-0.1, -0.05) is 6.92 Å². The number of aliphatic carboxylic acids is 1. The first kappa shape index (κ1) is 18.3. The predicted molar refractivity (Wildman–Crippen MR) is 81.0 cm³/mol. The molecule has 126 valence electrons. The van der Waals surface area contributed by atoms with Crippen LogP contribution in [0, 0.1) is 15.5 Å². The number of hydrogen-bond donors (Lipinski definition) is 2. The van der Waals surface area contributed by atoms with Crippen LogP contribution in [0.4, 0.5) is 5.69 Å². The fourth-order valence-corrected chi connectivity index (χ4v) is 1.94. The quantitative estimate of drug-likeness (QED) is 0.562. The summed E-state index contributed by atoms with van der Waals surface area (Å²) in [4.78, 5) is 45.2. The van der Waals surface area contributed by atoms with Crippen LogP contribution in [0.15, 0.2) is 23.1 Å². The van der Waals surface area contributed by atoms with Crippen LogP contribution < -0.4 is 10.9 Å². The summed E-state index contributed by atoms with van der Waals surface area (Å²) in [5.74, 6) is -1.70.